The van der Waals surface area contributed by atoms with Crippen molar-refractivity contribution in [2.45, 2.75) is 19.9 Å². The molecule has 0 aromatic rings. The molecule has 0 bridgehead atoms. The molecule has 1 unspecified atom stereocenters. The van der Waals surface area contributed by atoms with E-state index < -0.39 is 0 Å². The van der Waals surface area contributed by atoms with Gasteiger partial charge in [0.05, 0.1) is 17.4 Å². The first-order valence-corrected chi connectivity index (χ1v) is 5.74. The molecular weight excluding hydrogens is 212 g/mol. The molecule has 0 aromatic carbocycles. The Labute approximate surface area is 103 Å². The van der Waals surface area contributed by atoms with Crippen molar-refractivity contribution in [1.29, 1.82) is 0 Å². The van der Waals surface area contributed by atoms with Gasteiger partial charge in [0.15, 0.2) is 0 Å². The maximum atomic E-state index is 4.65. The standard InChI is InChI=1S/C13H20N4/c1-8-12-13(17(7)11(4)16(8)6)9(2)15(5)10(3)14-12/h9H,1,4H2,2-3,5-7H3. The predicted octanol–water partition coefficient (Wildman–Crippen LogP) is 1.81. The Hall–Kier alpha value is -1.71. The van der Waals surface area contributed by atoms with E-state index in [1.165, 1.54) is 5.70 Å². The number of hydrogen-bond donors (Lipinski definition) is 0. The SMILES string of the molecule is C=C1C2=C(C(C)N(C)C(C)=N2)N(C)C(=C)N1C. The third-order valence-electron chi connectivity index (χ3n) is 3.82. The van der Waals surface area contributed by atoms with E-state index in [-0.39, 0.29) is 6.04 Å². The minimum atomic E-state index is 0.287. The van der Waals surface area contributed by atoms with Crippen molar-refractivity contribution >= 4 is 5.84 Å². The van der Waals surface area contributed by atoms with Crippen molar-refractivity contribution in [3.8, 4) is 0 Å². The number of hydrogen-bond acceptors (Lipinski definition) is 4. The van der Waals surface area contributed by atoms with E-state index in [1.807, 2.05) is 25.9 Å². The molecular formula is C13H20N4. The van der Waals surface area contributed by atoms with Gasteiger partial charge in [-0.15, -0.1) is 0 Å². The highest BCUT2D eigenvalue weighted by atomic mass is 15.4. The normalized spacial score (nSPS) is 25.4. The number of likely N-dealkylation sites (N-methyl/N-ethyl adjacent to an activating group) is 3. The first-order chi connectivity index (χ1) is 7.86. The number of aliphatic imine (C=N–C) groups is 1. The molecule has 0 radical (unpaired) electrons. The highest BCUT2D eigenvalue weighted by molar-refractivity contribution is 5.83. The summed E-state index contributed by atoms with van der Waals surface area (Å²) in [4.78, 5) is 10.9. The fraction of sp³-hybridized carbons (Fsp3) is 0.462. The van der Waals surface area contributed by atoms with Crippen LogP contribution in [0.4, 0.5) is 0 Å². The molecule has 0 spiro atoms. The smallest absolute Gasteiger partial charge is 0.110 e. The molecule has 92 valence electrons. The van der Waals surface area contributed by atoms with Crippen LogP contribution >= 0.6 is 0 Å². The van der Waals surface area contributed by atoms with Crippen molar-refractivity contribution in [1.82, 2.24) is 14.7 Å². The quantitative estimate of drug-likeness (QED) is 0.636. The van der Waals surface area contributed by atoms with Crippen molar-refractivity contribution in [3.63, 3.8) is 0 Å². The Kier molecular flexibility index (Phi) is 2.53. The Morgan fingerprint density at radius 3 is 2.29 bits per heavy atom. The number of rotatable bonds is 0. The van der Waals surface area contributed by atoms with Gasteiger partial charge in [0, 0.05) is 21.1 Å². The van der Waals surface area contributed by atoms with Crippen LogP contribution in [-0.4, -0.2) is 47.7 Å². The van der Waals surface area contributed by atoms with Gasteiger partial charge in [0.1, 0.15) is 17.4 Å². The van der Waals surface area contributed by atoms with Crippen molar-refractivity contribution < 1.29 is 0 Å². The topological polar surface area (TPSA) is 22.1 Å². The number of nitrogens with zero attached hydrogens (tertiary/aromatic N) is 4. The van der Waals surface area contributed by atoms with Crippen molar-refractivity contribution in [3.05, 3.63) is 36.1 Å². The summed E-state index contributed by atoms with van der Waals surface area (Å²) in [6.07, 6.45) is 0. The largest absolute Gasteiger partial charge is 0.355 e. The fourth-order valence-corrected chi connectivity index (χ4v) is 2.29. The molecule has 17 heavy (non-hydrogen) atoms. The van der Waals surface area contributed by atoms with Crippen molar-refractivity contribution in [2.24, 2.45) is 4.99 Å². The lowest BCUT2D eigenvalue weighted by Gasteiger charge is -2.45. The lowest BCUT2D eigenvalue weighted by atomic mass is 10.0. The van der Waals surface area contributed by atoms with E-state index >= 15 is 0 Å². The summed E-state index contributed by atoms with van der Waals surface area (Å²) in [5.74, 6) is 1.95. The molecule has 0 aromatic heterocycles. The second-order valence-corrected chi connectivity index (χ2v) is 4.66. The minimum absolute atomic E-state index is 0.287. The second kappa shape index (κ2) is 3.65. The molecule has 4 nitrogen and oxygen atoms in total. The molecule has 0 amide bonds. The zero-order chi connectivity index (χ0) is 12.9. The fourth-order valence-electron chi connectivity index (χ4n) is 2.29. The summed E-state index contributed by atoms with van der Waals surface area (Å²) < 4.78 is 0. The van der Waals surface area contributed by atoms with Crippen LogP contribution in [0.5, 0.6) is 0 Å². The maximum Gasteiger partial charge on any atom is 0.110 e. The Balaban J connectivity index is 2.60. The highest BCUT2D eigenvalue weighted by Crippen LogP contribution is 2.36. The second-order valence-electron chi connectivity index (χ2n) is 4.66. The van der Waals surface area contributed by atoms with Crippen LogP contribution in [0, 0.1) is 0 Å². The summed E-state index contributed by atoms with van der Waals surface area (Å²) in [5.41, 5.74) is 3.07. The summed E-state index contributed by atoms with van der Waals surface area (Å²) >= 11 is 0. The van der Waals surface area contributed by atoms with Crippen LogP contribution in [0.2, 0.25) is 0 Å². The third kappa shape index (κ3) is 1.47. The summed E-state index contributed by atoms with van der Waals surface area (Å²) in [5, 5.41) is 0. The molecule has 2 heterocycles. The highest BCUT2D eigenvalue weighted by Gasteiger charge is 2.34. The lowest BCUT2D eigenvalue weighted by Crippen LogP contribution is -2.47. The van der Waals surface area contributed by atoms with E-state index in [4.69, 9.17) is 0 Å². The molecule has 0 N–H and O–H groups in total. The molecule has 4 heteroatoms. The van der Waals surface area contributed by atoms with Gasteiger partial charge >= 0.3 is 0 Å². The molecule has 1 atom stereocenters. The Morgan fingerprint density at radius 1 is 1.12 bits per heavy atom. The first-order valence-electron chi connectivity index (χ1n) is 5.74. The number of amidine groups is 1. The molecule has 2 aliphatic rings. The van der Waals surface area contributed by atoms with Gasteiger partial charge in [0.2, 0.25) is 0 Å². The zero-order valence-corrected chi connectivity index (χ0v) is 11.3. The van der Waals surface area contributed by atoms with Gasteiger partial charge in [-0.05, 0) is 13.8 Å². The van der Waals surface area contributed by atoms with Crippen molar-refractivity contribution in [2.75, 3.05) is 21.1 Å². The molecule has 2 aliphatic heterocycles. The van der Waals surface area contributed by atoms with Gasteiger partial charge in [0.25, 0.3) is 0 Å². The van der Waals surface area contributed by atoms with Crippen LogP contribution in [-0.2, 0) is 0 Å². The summed E-state index contributed by atoms with van der Waals surface area (Å²) in [6.45, 7) is 12.4. The van der Waals surface area contributed by atoms with Gasteiger partial charge < -0.3 is 14.7 Å². The van der Waals surface area contributed by atoms with E-state index in [9.17, 15) is 0 Å². The van der Waals surface area contributed by atoms with Gasteiger partial charge in [-0.1, -0.05) is 13.2 Å². The third-order valence-corrected chi connectivity index (χ3v) is 3.82. The van der Waals surface area contributed by atoms with E-state index in [0.717, 1.165) is 23.1 Å². The molecule has 0 aliphatic carbocycles. The van der Waals surface area contributed by atoms with Crippen LogP contribution in [0.1, 0.15) is 13.8 Å². The zero-order valence-electron chi connectivity index (χ0n) is 11.3. The average Bonchev–Trinajstić information content (AvgIpc) is 2.30. The molecule has 0 fully saturated rings. The Morgan fingerprint density at radius 2 is 1.71 bits per heavy atom. The molecule has 0 saturated heterocycles. The summed E-state index contributed by atoms with van der Waals surface area (Å²) in [6, 6.07) is 0.287. The van der Waals surface area contributed by atoms with Crippen LogP contribution in [0.3, 0.4) is 0 Å². The van der Waals surface area contributed by atoms with E-state index in [1.54, 1.807) is 0 Å². The van der Waals surface area contributed by atoms with Crippen LogP contribution in [0.15, 0.2) is 41.1 Å². The predicted molar refractivity (Wildman–Crippen MR) is 71.2 cm³/mol. The minimum Gasteiger partial charge on any atom is -0.355 e. The molecule has 0 saturated carbocycles. The summed E-state index contributed by atoms with van der Waals surface area (Å²) in [7, 11) is 6.06. The monoisotopic (exact) mass is 232 g/mol. The van der Waals surface area contributed by atoms with Gasteiger partial charge in [-0.25, -0.2) is 4.99 Å². The average molecular weight is 232 g/mol. The van der Waals surface area contributed by atoms with Crippen LogP contribution in [0.25, 0.3) is 0 Å². The lowest BCUT2D eigenvalue weighted by molar-refractivity contribution is 0.273. The van der Waals surface area contributed by atoms with Gasteiger partial charge in [-0.3, -0.25) is 0 Å². The van der Waals surface area contributed by atoms with E-state index in [2.05, 4.69) is 41.9 Å². The maximum absolute atomic E-state index is 4.65. The Bertz CT molecular complexity index is 458. The van der Waals surface area contributed by atoms with E-state index in [0.29, 0.717) is 0 Å². The molecule has 2 rings (SSSR count). The van der Waals surface area contributed by atoms with Crippen LogP contribution < -0.4 is 0 Å². The van der Waals surface area contributed by atoms with Gasteiger partial charge in [-0.2, -0.15) is 0 Å². The first kappa shape index (κ1) is 11.8.